The normalized spacial score (nSPS) is 11.8. The Morgan fingerprint density at radius 1 is 1.31 bits per heavy atom. The molecule has 0 saturated heterocycles. The van der Waals surface area contributed by atoms with Crippen LogP contribution in [0.25, 0.3) is 0 Å². The van der Waals surface area contributed by atoms with Gasteiger partial charge in [0.25, 0.3) is 0 Å². The fraction of sp³-hybridized carbons (Fsp3) is 0.214. The standard InChI is InChI=1S/C14H16O2/c1-3-13(14(15)16-2)11-7-10-12-8-5-4-6-9-12/h3-9,11H,10H2,1-2H3/b11-7-,13-3?. The molecule has 0 saturated carbocycles. The summed E-state index contributed by atoms with van der Waals surface area (Å²) in [6.07, 6.45) is 6.31. The maximum absolute atomic E-state index is 11.2. The molecule has 0 N–H and O–H groups in total. The topological polar surface area (TPSA) is 26.3 Å². The van der Waals surface area contributed by atoms with Crippen LogP contribution in [0.15, 0.2) is 54.1 Å². The van der Waals surface area contributed by atoms with E-state index in [1.165, 1.54) is 12.7 Å². The summed E-state index contributed by atoms with van der Waals surface area (Å²) in [5, 5.41) is 0. The monoisotopic (exact) mass is 216 g/mol. The van der Waals surface area contributed by atoms with E-state index >= 15 is 0 Å². The highest BCUT2D eigenvalue weighted by Crippen LogP contribution is 2.04. The van der Waals surface area contributed by atoms with E-state index in [4.69, 9.17) is 0 Å². The van der Waals surface area contributed by atoms with E-state index in [1.807, 2.05) is 31.2 Å². The van der Waals surface area contributed by atoms with Crippen LogP contribution in [0.3, 0.4) is 0 Å². The zero-order valence-corrected chi connectivity index (χ0v) is 9.64. The van der Waals surface area contributed by atoms with E-state index in [0.717, 1.165) is 6.42 Å². The van der Waals surface area contributed by atoms with Crippen molar-refractivity contribution in [3.05, 3.63) is 59.7 Å². The molecular formula is C14H16O2. The molecule has 16 heavy (non-hydrogen) atoms. The Hall–Kier alpha value is -1.83. The summed E-state index contributed by atoms with van der Waals surface area (Å²) in [6.45, 7) is 1.82. The molecule has 0 atom stereocenters. The van der Waals surface area contributed by atoms with Crippen molar-refractivity contribution in [1.82, 2.24) is 0 Å². The van der Waals surface area contributed by atoms with Crippen molar-refractivity contribution in [3.8, 4) is 0 Å². The number of hydrogen-bond donors (Lipinski definition) is 0. The Morgan fingerprint density at radius 3 is 2.56 bits per heavy atom. The number of esters is 1. The smallest absolute Gasteiger partial charge is 0.337 e. The number of allylic oxidation sites excluding steroid dienone is 2. The van der Waals surface area contributed by atoms with Crippen LogP contribution in [-0.2, 0) is 16.0 Å². The molecule has 1 rings (SSSR count). The Morgan fingerprint density at radius 2 is 2.00 bits per heavy atom. The maximum Gasteiger partial charge on any atom is 0.337 e. The van der Waals surface area contributed by atoms with Crippen LogP contribution in [0, 0.1) is 0 Å². The van der Waals surface area contributed by atoms with Gasteiger partial charge >= 0.3 is 5.97 Å². The molecular weight excluding hydrogens is 200 g/mol. The van der Waals surface area contributed by atoms with Crippen LogP contribution in [0.2, 0.25) is 0 Å². The second-order valence-corrected chi connectivity index (χ2v) is 3.33. The fourth-order valence-corrected chi connectivity index (χ4v) is 1.34. The lowest BCUT2D eigenvalue weighted by atomic mass is 10.1. The lowest BCUT2D eigenvalue weighted by molar-refractivity contribution is -0.135. The molecule has 0 aromatic heterocycles. The summed E-state index contributed by atoms with van der Waals surface area (Å²) < 4.78 is 4.65. The van der Waals surface area contributed by atoms with Gasteiger partial charge in [0.2, 0.25) is 0 Å². The van der Waals surface area contributed by atoms with Crippen LogP contribution < -0.4 is 0 Å². The van der Waals surface area contributed by atoms with Crippen LogP contribution in [0.5, 0.6) is 0 Å². The van der Waals surface area contributed by atoms with E-state index in [0.29, 0.717) is 5.57 Å². The van der Waals surface area contributed by atoms with Crippen molar-refractivity contribution < 1.29 is 9.53 Å². The number of carbonyl (C=O) groups is 1. The summed E-state index contributed by atoms with van der Waals surface area (Å²) in [6, 6.07) is 10.1. The predicted octanol–water partition coefficient (Wildman–Crippen LogP) is 2.90. The Balaban J connectivity index is 2.58. The third-order valence-corrected chi connectivity index (χ3v) is 2.23. The van der Waals surface area contributed by atoms with E-state index in [1.54, 1.807) is 12.2 Å². The first-order chi connectivity index (χ1) is 7.77. The van der Waals surface area contributed by atoms with Gasteiger partial charge in [-0.05, 0) is 18.9 Å². The summed E-state index contributed by atoms with van der Waals surface area (Å²) in [5.74, 6) is -0.299. The molecule has 0 amide bonds. The van der Waals surface area contributed by atoms with Crippen molar-refractivity contribution in [1.29, 1.82) is 0 Å². The quantitative estimate of drug-likeness (QED) is 0.439. The summed E-state index contributed by atoms with van der Waals surface area (Å²) in [5.41, 5.74) is 1.80. The van der Waals surface area contributed by atoms with Gasteiger partial charge in [0.15, 0.2) is 0 Å². The molecule has 0 aliphatic carbocycles. The zero-order valence-electron chi connectivity index (χ0n) is 9.64. The van der Waals surface area contributed by atoms with Crippen LogP contribution in [0.4, 0.5) is 0 Å². The van der Waals surface area contributed by atoms with E-state index < -0.39 is 0 Å². The summed E-state index contributed by atoms with van der Waals surface area (Å²) >= 11 is 0. The van der Waals surface area contributed by atoms with E-state index in [9.17, 15) is 4.79 Å². The van der Waals surface area contributed by atoms with Gasteiger partial charge in [-0.25, -0.2) is 4.79 Å². The van der Waals surface area contributed by atoms with Crippen molar-refractivity contribution in [3.63, 3.8) is 0 Å². The lowest BCUT2D eigenvalue weighted by Gasteiger charge is -1.98. The molecule has 2 heteroatoms. The molecule has 0 bridgehead atoms. The van der Waals surface area contributed by atoms with Gasteiger partial charge in [-0.2, -0.15) is 0 Å². The van der Waals surface area contributed by atoms with Gasteiger partial charge in [0.05, 0.1) is 12.7 Å². The van der Waals surface area contributed by atoms with Crippen molar-refractivity contribution >= 4 is 5.97 Å². The molecule has 0 radical (unpaired) electrons. The number of ether oxygens (including phenoxy) is 1. The molecule has 0 aliphatic heterocycles. The van der Waals surface area contributed by atoms with Gasteiger partial charge < -0.3 is 4.74 Å². The zero-order chi connectivity index (χ0) is 11.8. The number of rotatable bonds is 4. The molecule has 1 aromatic carbocycles. The number of carbonyl (C=O) groups excluding carboxylic acids is 1. The molecule has 0 fully saturated rings. The van der Waals surface area contributed by atoms with Gasteiger partial charge in [-0.15, -0.1) is 0 Å². The number of hydrogen-bond acceptors (Lipinski definition) is 2. The number of methoxy groups -OCH3 is 1. The molecule has 0 aliphatic rings. The maximum atomic E-state index is 11.2. The number of benzene rings is 1. The van der Waals surface area contributed by atoms with Gasteiger partial charge in [0.1, 0.15) is 0 Å². The average molecular weight is 216 g/mol. The lowest BCUT2D eigenvalue weighted by Crippen LogP contribution is -2.02. The molecule has 0 unspecified atom stereocenters. The third-order valence-electron chi connectivity index (χ3n) is 2.23. The molecule has 2 nitrogen and oxygen atoms in total. The van der Waals surface area contributed by atoms with Crippen molar-refractivity contribution in [2.75, 3.05) is 7.11 Å². The average Bonchev–Trinajstić information content (AvgIpc) is 2.35. The van der Waals surface area contributed by atoms with Crippen LogP contribution in [0.1, 0.15) is 12.5 Å². The highest BCUT2D eigenvalue weighted by Gasteiger charge is 2.02. The summed E-state index contributed by atoms with van der Waals surface area (Å²) in [4.78, 5) is 11.2. The van der Waals surface area contributed by atoms with E-state index in [-0.39, 0.29) is 5.97 Å². The summed E-state index contributed by atoms with van der Waals surface area (Å²) in [7, 11) is 1.39. The first-order valence-electron chi connectivity index (χ1n) is 5.23. The Bertz CT molecular complexity index is 388. The second-order valence-electron chi connectivity index (χ2n) is 3.33. The minimum Gasteiger partial charge on any atom is -0.465 e. The van der Waals surface area contributed by atoms with E-state index in [2.05, 4.69) is 16.9 Å². The minimum atomic E-state index is -0.299. The molecule has 84 valence electrons. The fourth-order valence-electron chi connectivity index (χ4n) is 1.34. The van der Waals surface area contributed by atoms with Crippen molar-refractivity contribution in [2.24, 2.45) is 0 Å². The first kappa shape index (κ1) is 12.2. The minimum absolute atomic E-state index is 0.299. The highest BCUT2D eigenvalue weighted by molar-refractivity contribution is 5.91. The Kier molecular flexibility index (Phi) is 5.06. The van der Waals surface area contributed by atoms with Gasteiger partial charge in [-0.3, -0.25) is 0 Å². The predicted molar refractivity (Wildman–Crippen MR) is 65.1 cm³/mol. The first-order valence-corrected chi connectivity index (χ1v) is 5.23. The third kappa shape index (κ3) is 3.73. The molecule has 0 heterocycles. The molecule has 0 spiro atoms. The van der Waals surface area contributed by atoms with Crippen LogP contribution in [-0.4, -0.2) is 13.1 Å². The van der Waals surface area contributed by atoms with Crippen molar-refractivity contribution in [2.45, 2.75) is 13.3 Å². The second kappa shape index (κ2) is 6.62. The van der Waals surface area contributed by atoms with Crippen LogP contribution >= 0.6 is 0 Å². The highest BCUT2D eigenvalue weighted by atomic mass is 16.5. The Labute approximate surface area is 96.2 Å². The van der Waals surface area contributed by atoms with Gasteiger partial charge in [-0.1, -0.05) is 48.6 Å². The SMILES string of the molecule is CC=C(/C=C\Cc1ccccc1)C(=O)OC. The molecule has 1 aromatic rings. The largest absolute Gasteiger partial charge is 0.465 e. The van der Waals surface area contributed by atoms with Gasteiger partial charge in [0, 0.05) is 0 Å².